The van der Waals surface area contributed by atoms with Gasteiger partial charge >= 0.3 is 0 Å². The molecule has 0 saturated carbocycles. The van der Waals surface area contributed by atoms with Crippen molar-refractivity contribution in [1.82, 2.24) is 19.7 Å². The molecule has 1 aliphatic rings. The minimum atomic E-state index is -3.46. The molecule has 9 heteroatoms. The molecule has 3 aromatic rings. The van der Waals surface area contributed by atoms with Gasteiger partial charge in [0.1, 0.15) is 0 Å². The van der Waals surface area contributed by atoms with Crippen LogP contribution >= 0.6 is 0 Å². The Hall–Kier alpha value is -3.20. The van der Waals surface area contributed by atoms with Crippen LogP contribution in [0.15, 0.2) is 59.6 Å². The second-order valence-corrected chi connectivity index (χ2v) is 9.98. The number of benzene rings is 1. The number of hydrogen-bond acceptors (Lipinski definition) is 6. The van der Waals surface area contributed by atoms with Gasteiger partial charge in [0.2, 0.25) is 5.91 Å². The zero-order chi connectivity index (χ0) is 22.7. The average molecular weight is 454 g/mol. The number of nitrogens with zero attached hydrogens (tertiary/aromatic N) is 5. The van der Waals surface area contributed by atoms with Crippen LogP contribution in [0.5, 0.6) is 0 Å². The first-order valence-electron chi connectivity index (χ1n) is 10.6. The molecule has 0 atom stereocenters. The molecule has 2 aromatic heterocycles. The molecule has 0 radical (unpaired) electrons. The van der Waals surface area contributed by atoms with E-state index in [0.717, 1.165) is 22.9 Å². The van der Waals surface area contributed by atoms with Gasteiger partial charge in [-0.05, 0) is 38.1 Å². The summed E-state index contributed by atoms with van der Waals surface area (Å²) in [6.07, 6.45) is 1.74. The highest BCUT2D eigenvalue weighted by Crippen LogP contribution is 2.27. The maximum atomic E-state index is 12.7. The monoisotopic (exact) mass is 453 g/mol. The Morgan fingerprint density at radius 2 is 1.66 bits per heavy atom. The van der Waals surface area contributed by atoms with Gasteiger partial charge in [0.15, 0.2) is 15.7 Å². The standard InChI is InChI=1S/C23H27N5O3S/c1-18-23(19(2)28(25-18)21-10-6-7-12-24-21)27-15-13-26(14-16-27)22(29)11-17-32(30,31)20-8-4-3-5-9-20/h3-10,12H,11,13-17H2,1-2H3. The van der Waals surface area contributed by atoms with Crippen LogP contribution in [0.25, 0.3) is 5.82 Å². The van der Waals surface area contributed by atoms with Crippen LogP contribution in [-0.2, 0) is 14.6 Å². The van der Waals surface area contributed by atoms with E-state index in [4.69, 9.17) is 0 Å². The van der Waals surface area contributed by atoms with Crippen molar-refractivity contribution < 1.29 is 13.2 Å². The third-order valence-electron chi connectivity index (χ3n) is 5.75. The lowest BCUT2D eigenvalue weighted by atomic mass is 10.2. The Kier molecular flexibility index (Phi) is 6.27. The van der Waals surface area contributed by atoms with Gasteiger partial charge in [-0.15, -0.1) is 0 Å². The molecule has 1 amide bonds. The molecule has 1 saturated heterocycles. The van der Waals surface area contributed by atoms with E-state index in [1.807, 2.05) is 36.7 Å². The number of aromatic nitrogens is 3. The summed E-state index contributed by atoms with van der Waals surface area (Å²) >= 11 is 0. The van der Waals surface area contributed by atoms with Crippen molar-refractivity contribution in [2.24, 2.45) is 0 Å². The summed E-state index contributed by atoms with van der Waals surface area (Å²) in [7, 11) is -3.46. The van der Waals surface area contributed by atoms with Crippen molar-refractivity contribution in [2.45, 2.75) is 25.2 Å². The molecule has 0 aliphatic carbocycles. The highest BCUT2D eigenvalue weighted by molar-refractivity contribution is 7.91. The summed E-state index contributed by atoms with van der Waals surface area (Å²) < 4.78 is 26.8. The van der Waals surface area contributed by atoms with Gasteiger partial charge in [-0.2, -0.15) is 5.10 Å². The van der Waals surface area contributed by atoms with Gasteiger partial charge in [-0.3, -0.25) is 4.79 Å². The molecule has 32 heavy (non-hydrogen) atoms. The summed E-state index contributed by atoms with van der Waals surface area (Å²) in [5, 5.41) is 4.66. The van der Waals surface area contributed by atoms with Crippen LogP contribution in [0.2, 0.25) is 0 Å². The highest BCUT2D eigenvalue weighted by Gasteiger charge is 2.26. The lowest BCUT2D eigenvalue weighted by Crippen LogP contribution is -2.49. The number of carbonyl (C=O) groups is 1. The first kappa shape index (κ1) is 22.0. The number of rotatable bonds is 6. The van der Waals surface area contributed by atoms with Crippen molar-refractivity contribution in [3.63, 3.8) is 0 Å². The first-order chi connectivity index (χ1) is 15.4. The zero-order valence-electron chi connectivity index (χ0n) is 18.3. The van der Waals surface area contributed by atoms with Crippen molar-refractivity contribution in [3.05, 3.63) is 66.1 Å². The number of amides is 1. The van der Waals surface area contributed by atoms with Gasteiger partial charge < -0.3 is 9.80 Å². The molecule has 1 aliphatic heterocycles. The van der Waals surface area contributed by atoms with Crippen LogP contribution in [-0.4, -0.2) is 65.9 Å². The van der Waals surface area contributed by atoms with Gasteiger partial charge in [0.25, 0.3) is 0 Å². The molecular formula is C23H27N5O3S. The maximum absolute atomic E-state index is 12.7. The third-order valence-corrected chi connectivity index (χ3v) is 7.49. The predicted molar refractivity (Wildman–Crippen MR) is 123 cm³/mol. The number of sulfone groups is 1. The molecule has 1 aromatic carbocycles. The molecule has 3 heterocycles. The molecule has 1 fully saturated rings. The SMILES string of the molecule is Cc1nn(-c2ccccn2)c(C)c1N1CCN(C(=O)CCS(=O)(=O)c2ccccc2)CC1. The number of hydrogen-bond donors (Lipinski definition) is 0. The largest absolute Gasteiger partial charge is 0.365 e. The number of aryl methyl sites for hydroxylation is 1. The van der Waals surface area contributed by atoms with Crippen LogP contribution in [0.1, 0.15) is 17.8 Å². The van der Waals surface area contributed by atoms with E-state index in [0.29, 0.717) is 26.2 Å². The second-order valence-electron chi connectivity index (χ2n) is 7.87. The van der Waals surface area contributed by atoms with Crippen LogP contribution in [0.4, 0.5) is 5.69 Å². The van der Waals surface area contributed by atoms with Crippen LogP contribution < -0.4 is 4.90 Å². The van der Waals surface area contributed by atoms with Crippen molar-refractivity contribution in [1.29, 1.82) is 0 Å². The predicted octanol–water partition coefficient (Wildman–Crippen LogP) is 2.40. The van der Waals surface area contributed by atoms with E-state index in [9.17, 15) is 13.2 Å². The summed E-state index contributed by atoms with van der Waals surface area (Å²) in [6, 6.07) is 14.0. The van der Waals surface area contributed by atoms with E-state index < -0.39 is 9.84 Å². The highest BCUT2D eigenvalue weighted by atomic mass is 32.2. The van der Waals surface area contributed by atoms with Gasteiger partial charge in [-0.25, -0.2) is 18.1 Å². The quantitative estimate of drug-likeness (QED) is 0.570. The Morgan fingerprint density at radius 1 is 0.969 bits per heavy atom. The summed E-state index contributed by atoms with van der Waals surface area (Å²) in [6.45, 7) is 6.46. The zero-order valence-corrected chi connectivity index (χ0v) is 19.1. The minimum Gasteiger partial charge on any atom is -0.365 e. The van der Waals surface area contributed by atoms with E-state index in [1.165, 1.54) is 0 Å². The lowest BCUT2D eigenvalue weighted by Gasteiger charge is -2.36. The first-order valence-corrected chi connectivity index (χ1v) is 12.3. The molecule has 0 N–H and O–H groups in total. The fourth-order valence-electron chi connectivity index (χ4n) is 4.10. The molecule has 0 bridgehead atoms. The molecular weight excluding hydrogens is 426 g/mol. The Balaban J connectivity index is 1.37. The van der Waals surface area contributed by atoms with Crippen molar-refractivity contribution >= 4 is 21.4 Å². The average Bonchev–Trinajstić information content (AvgIpc) is 3.12. The third kappa shape index (κ3) is 4.52. The van der Waals surface area contributed by atoms with E-state index in [-0.39, 0.29) is 23.0 Å². The summed E-state index contributed by atoms with van der Waals surface area (Å²) in [4.78, 5) is 21.3. The van der Waals surface area contributed by atoms with E-state index >= 15 is 0 Å². The molecule has 0 unspecified atom stereocenters. The van der Waals surface area contributed by atoms with Crippen LogP contribution in [0.3, 0.4) is 0 Å². The van der Waals surface area contributed by atoms with E-state index in [1.54, 1.807) is 41.4 Å². The normalized spacial score (nSPS) is 14.6. The molecule has 8 nitrogen and oxygen atoms in total. The molecule has 168 valence electrons. The smallest absolute Gasteiger partial charge is 0.223 e. The minimum absolute atomic E-state index is 0.00705. The number of anilines is 1. The van der Waals surface area contributed by atoms with E-state index in [2.05, 4.69) is 15.0 Å². The molecule has 4 rings (SSSR count). The fourth-order valence-corrected chi connectivity index (χ4v) is 5.35. The van der Waals surface area contributed by atoms with Gasteiger partial charge in [0.05, 0.1) is 27.7 Å². The maximum Gasteiger partial charge on any atom is 0.223 e. The molecule has 0 spiro atoms. The number of piperazine rings is 1. The fraction of sp³-hybridized carbons (Fsp3) is 0.348. The Labute approximate surface area is 188 Å². The Bertz CT molecular complexity index is 1190. The summed E-state index contributed by atoms with van der Waals surface area (Å²) in [5.74, 6) is 0.472. The number of pyridine rings is 1. The van der Waals surface area contributed by atoms with Crippen molar-refractivity contribution in [3.8, 4) is 5.82 Å². The van der Waals surface area contributed by atoms with Gasteiger partial charge in [-0.1, -0.05) is 24.3 Å². The Morgan fingerprint density at radius 3 is 2.31 bits per heavy atom. The van der Waals surface area contributed by atoms with Crippen LogP contribution in [0, 0.1) is 13.8 Å². The number of carbonyl (C=O) groups excluding carboxylic acids is 1. The van der Waals surface area contributed by atoms with Gasteiger partial charge in [0, 0.05) is 38.8 Å². The second kappa shape index (κ2) is 9.12. The van der Waals surface area contributed by atoms with Crippen molar-refractivity contribution in [2.75, 3.05) is 36.8 Å². The topological polar surface area (TPSA) is 88.4 Å². The summed E-state index contributed by atoms with van der Waals surface area (Å²) in [5.41, 5.74) is 2.99. The lowest BCUT2D eigenvalue weighted by molar-refractivity contribution is -0.131.